The third kappa shape index (κ3) is 6.38. The minimum Gasteiger partial charge on any atom is -0.493 e. The van der Waals surface area contributed by atoms with Crippen molar-refractivity contribution >= 4 is 11.9 Å². The van der Waals surface area contributed by atoms with Crippen LogP contribution in [-0.4, -0.2) is 62.7 Å². The van der Waals surface area contributed by atoms with E-state index in [1.807, 2.05) is 19.3 Å². The summed E-state index contributed by atoms with van der Waals surface area (Å²) in [6.45, 7) is 4.68. The zero-order valence-corrected chi connectivity index (χ0v) is 21.8. The Bertz CT molecular complexity index is 1300. The molecule has 3 heterocycles. The molecule has 10 nitrogen and oxygen atoms in total. The van der Waals surface area contributed by atoms with Crippen LogP contribution in [0.3, 0.4) is 0 Å². The van der Waals surface area contributed by atoms with Gasteiger partial charge in [-0.25, -0.2) is 24.3 Å². The van der Waals surface area contributed by atoms with E-state index in [2.05, 4.69) is 30.0 Å². The van der Waals surface area contributed by atoms with Crippen molar-refractivity contribution in [1.82, 2.24) is 30.0 Å². The summed E-state index contributed by atoms with van der Waals surface area (Å²) in [4.78, 5) is 38.7. The number of likely N-dealkylation sites (N-methyl/N-ethyl adjacent to an activating group) is 1. The number of halogens is 1. The molecule has 2 N–H and O–H groups in total. The number of aromatic amines is 2. The molecule has 0 radical (unpaired) electrons. The largest absolute Gasteiger partial charge is 0.493 e. The number of aromatic nitrogens is 5. The number of carbonyl (C=O) groups is 1. The molecule has 11 heteroatoms. The summed E-state index contributed by atoms with van der Waals surface area (Å²) in [5.41, 5.74) is 0.939. The summed E-state index contributed by atoms with van der Waals surface area (Å²) in [6, 6.07) is 4.66. The number of anilines is 1. The van der Waals surface area contributed by atoms with E-state index in [1.54, 1.807) is 19.2 Å². The number of aryl methyl sites for hydroxylation is 1. The number of ether oxygens (including phenoxy) is 1. The van der Waals surface area contributed by atoms with E-state index in [4.69, 9.17) is 4.74 Å². The van der Waals surface area contributed by atoms with Crippen LogP contribution in [0.25, 0.3) is 0 Å². The number of amides is 1. The Kier molecular flexibility index (Phi) is 7.71. The predicted octanol–water partition coefficient (Wildman–Crippen LogP) is 2.86. The second-order valence-electron chi connectivity index (χ2n) is 10.5. The number of carbonyl (C=O) groups excluding carboxylic acids is 1. The lowest BCUT2D eigenvalue weighted by molar-refractivity contribution is -0.129. The standard InChI is InChI=1S/C27H34FN7O3/c1-17-14-29-26(30-15-17)35-8-5-18(6-9-35)22-11-19(22)7-10-38-21-4-3-20(23(28)13-21)12-25(36)34(2)16-24-31-27(37)33-32-24/h3-4,13-15,18-19,22H,5-12,16H2,1-2H3,(H2,31,32,33,37)/t19-,22-/m1/s1. The molecule has 1 aliphatic carbocycles. The highest BCUT2D eigenvalue weighted by Gasteiger charge is 2.43. The Hall–Kier alpha value is -3.76. The van der Waals surface area contributed by atoms with Crippen LogP contribution >= 0.6 is 0 Å². The van der Waals surface area contributed by atoms with Gasteiger partial charge in [0.05, 0.1) is 19.6 Å². The predicted molar refractivity (Wildman–Crippen MR) is 139 cm³/mol. The average Bonchev–Trinajstić information content (AvgIpc) is 3.57. The van der Waals surface area contributed by atoms with E-state index < -0.39 is 11.5 Å². The van der Waals surface area contributed by atoms with E-state index >= 15 is 0 Å². The maximum absolute atomic E-state index is 14.7. The lowest BCUT2D eigenvalue weighted by Crippen LogP contribution is -2.35. The van der Waals surface area contributed by atoms with E-state index in [-0.39, 0.29) is 18.9 Å². The van der Waals surface area contributed by atoms with Gasteiger partial charge >= 0.3 is 5.69 Å². The number of hydrogen-bond donors (Lipinski definition) is 2. The smallest absolute Gasteiger partial charge is 0.340 e. The van der Waals surface area contributed by atoms with E-state index in [0.29, 0.717) is 29.7 Å². The van der Waals surface area contributed by atoms with Crippen molar-refractivity contribution in [3.05, 3.63) is 63.8 Å². The minimum atomic E-state index is -0.467. The SMILES string of the molecule is Cc1cnc(N2CCC([C@H]3C[C@H]3CCOc3ccc(CC(=O)N(C)Cc4n[nH]c(=O)[nH]4)c(F)c3)CC2)nc1. The van der Waals surface area contributed by atoms with Gasteiger partial charge in [0.2, 0.25) is 11.9 Å². The van der Waals surface area contributed by atoms with Crippen LogP contribution in [0.4, 0.5) is 10.3 Å². The number of H-pyrrole nitrogens is 2. The van der Waals surface area contributed by atoms with Gasteiger partial charge in [-0.15, -0.1) is 0 Å². The van der Waals surface area contributed by atoms with Crippen LogP contribution in [0.15, 0.2) is 35.4 Å². The highest BCUT2D eigenvalue weighted by Crippen LogP contribution is 2.49. The number of nitrogens with zero attached hydrogens (tertiary/aromatic N) is 5. The second-order valence-corrected chi connectivity index (χ2v) is 10.5. The van der Waals surface area contributed by atoms with Gasteiger partial charge in [-0.2, -0.15) is 5.10 Å². The van der Waals surface area contributed by atoms with Crippen molar-refractivity contribution in [1.29, 1.82) is 0 Å². The van der Waals surface area contributed by atoms with Crippen molar-refractivity contribution in [2.24, 2.45) is 17.8 Å². The highest BCUT2D eigenvalue weighted by molar-refractivity contribution is 5.78. The first-order valence-electron chi connectivity index (χ1n) is 13.2. The topological polar surface area (TPSA) is 120 Å². The quantitative estimate of drug-likeness (QED) is 0.419. The van der Waals surface area contributed by atoms with Gasteiger partial charge in [0.25, 0.3) is 0 Å². The summed E-state index contributed by atoms with van der Waals surface area (Å²) in [5.74, 6) is 3.06. The third-order valence-electron chi connectivity index (χ3n) is 7.66. The Labute approximate surface area is 220 Å². The Morgan fingerprint density at radius 2 is 2.00 bits per heavy atom. The third-order valence-corrected chi connectivity index (χ3v) is 7.66. The van der Waals surface area contributed by atoms with Crippen molar-refractivity contribution in [2.45, 2.75) is 45.6 Å². The van der Waals surface area contributed by atoms with Crippen LogP contribution in [0.5, 0.6) is 5.75 Å². The molecule has 2 aliphatic rings. The summed E-state index contributed by atoms with van der Waals surface area (Å²) < 4.78 is 20.5. The summed E-state index contributed by atoms with van der Waals surface area (Å²) in [6.07, 6.45) is 8.20. The van der Waals surface area contributed by atoms with Gasteiger partial charge in [0.15, 0.2) is 5.82 Å². The number of rotatable bonds is 10. The molecule has 1 amide bonds. The Morgan fingerprint density at radius 3 is 2.68 bits per heavy atom. The monoisotopic (exact) mass is 523 g/mol. The maximum Gasteiger partial charge on any atom is 0.340 e. The summed E-state index contributed by atoms with van der Waals surface area (Å²) >= 11 is 0. The first-order chi connectivity index (χ1) is 18.4. The lowest BCUT2D eigenvalue weighted by atomic mass is 9.90. The van der Waals surface area contributed by atoms with Gasteiger partial charge in [0, 0.05) is 38.6 Å². The molecule has 0 spiro atoms. The van der Waals surface area contributed by atoms with Crippen molar-refractivity contribution in [3.8, 4) is 5.75 Å². The van der Waals surface area contributed by atoms with Gasteiger partial charge in [0.1, 0.15) is 11.6 Å². The van der Waals surface area contributed by atoms with E-state index in [1.165, 1.54) is 30.2 Å². The van der Waals surface area contributed by atoms with Crippen molar-refractivity contribution < 1.29 is 13.9 Å². The molecule has 2 aromatic heterocycles. The summed E-state index contributed by atoms with van der Waals surface area (Å²) in [7, 11) is 1.58. The molecule has 5 rings (SSSR count). The maximum atomic E-state index is 14.7. The van der Waals surface area contributed by atoms with Crippen LogP contribution < -0.4 is 15.3 Å². The van der Waals surface area contributed by atoms with Gasteiger partial charge in [-0.05, 0) is 67.6 Å². The molecule has 2 fully saturated rings. The van der Waals surface area contributed by atoms with Crippen molar-refractivity contribution in [2.75, 3.05) is 31.6 Å². The van der Waals surface area contributed by atoms with Crippen LogP contribution in [0.1, 0.15) is 42.6 Å². The Morgan fingerprint density at radius 1 is 1.24 bits per heavy atom. The van der Waals surface area contributed by atoms with Gasteiger partial charge < -0.3 is 14.5 Å². The zero-order chi connectivity index (χ0) is 26.6. The second kappa shape index (κ2) is 11.3. The molecule has 38 heavy (non-hydrogen) atoms. The van der Waals surface area contributed by atoms with Gasteiger partial charge in [-0.1, -0.05) is 6.07 Å². The molecular formula is C27H34FN7O3. The molecule has 1 saturated carbocycles. The van der Waals surface area contributed by atoms with Crippen LogP contribution in [0, 0.1) is 30.5 Å². The molecule has 0 unspecified atom stereocenters. The number of piperidine rings is 1. The first-order valence-corrected chi connectivity index (χ1v) is 13.2. The fourth-order valence-corrected chi connectivity index (χ4v) is 5.34. The molecule has 3 aromatic rings. The van der Waals surface area contributed by atoms with E-state index in [0.717, 1.165) is 42.9 Å². The molecule has 1 aliphatic heterocycles. The average molecular weight is 524 g/mol. The van der Waals surface area contributed by atoms with Crippen LogP contribution in [0.2, 0.25) is 0 Å². The number of nitrogens with one attached hydrogen (secondary N) is 2. The Balaban J connectivity index is 1.02. The fourth-order valence-electron chi connectivity index (χ4n) is 5.34. The normalized spacial score (nSPS) is 19.4. The summed E-state index contributed by atoms with van der Waals surface area (Å²) in [5, 5.41) is 6.04. The van der Waals surface area contributed by atoms with Gasteiger partial charge in [-0.3, -0.25) is 9.78 Å². The van der Waals surface area contributed by atoms with Crippen molar-refractivity contribution in [3.63, 3.8) is 0 Å². The number of benzene rings is 1. The lowest BCUT2D eigenvalue weighted by Gasteiger charge is -2.32. The first kappa shape index (κ1) is 25.9. The highest BCUT2D eigenvalue weighted by atomic mass is 19.1. The zero-order valence-electron chi connectivity index (χ0n) is 21.8. The molecule has 0 bridgehead atoms. The van der Waals surface area contributed by atoms with Crippen LogP contribution in [-0.2, 0) is 17.8 Å². The molecule has 2 atom stereocenters. The number of hydrogen-bond acceptors (Lipinski definition) is 7. The van der Waals surface area contributed by atoms with E-state index in [9.17, 15) is 14.0 Å². The molecule has 1 saturated heterocycles. The molecule has 202 valence electrons. The molecule has 1 aromatic carbocycles. The molecular weight excluding hydrogens is 489 g/mol. The fraction of sp³-hybridized carbons (Fsp3) is 0.519. The minimum absolute atomic E-state index is 0.0874.